The highest BCUT2D eigenvalue weighted by Gasteiger charge is 2.06. The van der Waals surface area contributed by atoms with Crippen LogP contribution in [0.4, 0.5) is 10.2 Å². The summed E-state index contributed by atoms with van der Waals surface area (Å²) >= 11 is 0. The topological polar surface area (TPSA) is 42.2 Å². The summed E-state index contributed by atoms with van der Waals surface area (Å²) in [4.78, 5) is 4.20. The van der Waals surface area contributed by atoms with Crippen LogP contribution in [0.5, 0.6) is 0 Å². The van der Waals surface area contributed by atoms with Crippen LogP contribution in [0, 0.1) is 26.6 Å². The molecule has 0 radical (unpaired) electrons. The molecule has 0 aliphatic rings. The molecule has 21 heavy (non-hydrogen) atoms. The highest BCUT2D eigenvalue weighted by Crippen LogP contribution is 2.17. The molecule has 0 amide bonds. The fourth-order valence-electron chi connectivity index (χ4n) is 2.51. The Labute approximate surface area is 122 Å². The molecule has 2 aromatic heterocycles. The quantitative estimate of drug-likeness (QED) is 0.801. The van der Waals surface area contributed by atoms with E-state index in [1.54, 1.807) is 18.4 Å². The lowest BCUT2D eigenvalue weighted by Gasteiger charge is -2.11. The summed E-state index contributed by atoms with van der Waals surface area (Å²) < 4.78 is 15.4. The van der Waals surface area contributed by atoms with Crippen LogP contribution in [0.15, 0.2) is 30.6 Å². The Kier molecular flexibility index (Phi) is 3.33. The highest BCUT2D eigenvalue weighted by molar-refractivity contribution is 5.51. The van der Waals surface area contributed by atoms with Crippen molar-refractivity contribution in [3.05, 3.63) is 58.7 Å². The molecule has 0 aliphatic carbocycles. The Hall–Kier alpha value is -2.43. The summed E-state index contributed by atoms with van der Waals surface area (Å²) in [6, 6.07) is 7.72. The molecule has 5 heteroatoms. The molecular formula is C16H17FN4. The summed E-state index contributed by atoms with van der Waals surface area (Å²) in [6.07, 6.45) is 1.53. The van der Waals surface area contributed by atoms with Crippen molar-refractivity contribution in [2.45, 2.75) is 27.3 Å². The number of nitrogens with zero attached hydrogens (tertiary/aromatic N) is 3. The van der Waals surface area contributed by atoms with Crippen molar-refractivity contribution in [3.8, 4) is 0 Å². The number of aryl methyl sites for hydroxylation is 3. The van der Waals surface area contributed by atoms with E-state index in [9.17, 15) is 4.39 Å². The van der Waals surface area contributed by atoms with E-state index in [2.05, 4.69) is 15.4 Å². The maximum atomic E-state index is 13.7. The van der Waals surface area contributed by atoms with Crippen LogP contribution in [0.1, 0.15) is 22.3 Å². The van der Waals surface area contributed by atoms with Crippen molar-refractivity contribution in [3.63, 3.8) is 0 Å². The molecule has 4 nitrogen and oxygen atoms in total. The summed E-state index contributed by atoms with van der Waals surface area (Å²) in [5.74, 6) is 0.745. The molecule has 1 N–H and O–H groups in total. The van der Waals surface area contributed by atoms with E-state index in [1.807, 2.05) is 31.2 Å². The molecule has 0 unspecified atom stereocenters. The first-order chi connectivity index (χ1) is 10.0. The van der Waals surface area contributed by atoms with Crippen LogP contribution in [0.2, 0.25) is 0 Å². The van der Waals surface area contributed by atoms with Gasteiger partial charge in [-0.2, -0.15) is 9.61 Å². The van der Waals surface area contributed by atoms with Crippen molar-refractivity contribution < 1.29 is 4.39 Å². The second-order valence-electron chi connectivity index (χ2n) is 5.35. The van der Waals surface area contributed by atoms with Gasteiger partial charge in [-0.05, 0) is 55.2 Å². The maximum Gasteiger partial charge on any atom is 0.157 e. The third kappa shape index (κ3) is 2.59. The lowest BCUT2D eigenvalue weighted by Crippen LogP contribution is -2.06. The number of pyridine rings is 1. The molecule has 3 aromatic rings. The summed E-state index contributed by atoms with van der Waals surface area (Å²) in [5, 5.41) is 7.55. The average Bonchev–Trinajstić information content (AvgIpc) is 2.90. The summed E-state index contributed by atoms with van der Waals surface area (Å²) in [6.45, 7) is 6.20. The average molecular weight is 284 g/mol. The van der Waals surface area contributed by atoms with Crippen molar-refractivity contribution >= 4 is 11.5 Å². The normalized spacial score (nSPS) is 11.0. The van der Waals surface area contributed by atoms with Crippen molar-refractivity contribution in [2.24, 2.45) is 0 Å². The molecule has 1 aromatic carbocycles. The van der Waals surface area contributed by atoms with Gasteiger partial charge in [0.25, 0.3) is 0 Å². The Morgan fingerprint density at radius 3 is 2.52 bits per heavy atom. The Bertz CT molecular complexity index is 784. The van der Waals surface area contributed by atoms with Gasteiger partial charge in [-0.1, -0.05) is 12.1 Å². The number of hydrogen-bond donors (Lipinski definition) is 1. The third-order valence-electron chi connectivity index (χ3n) is 3.49. The number of rotatable bonds is 3. The summed E-state index contributed by atoms with van der Waals surface area (Å²) in [7, 11) is 0. The van der Waals surface area contributed by atoms with E-state index >= 15 is 0 Å². The molecule has 0 atom stereocenters. The highest BCUT2D eigenvalue weighted by atomic mass is 19.1. The fraction of sp³-hybridized carbons (Fsp3) is 0.250. The molecule has 0 aliphatic heterocycles. The smallest absolute Gasteiger partial charge is 0.157 e. The first kappa shape index (κ1) is 13.5. The predicted octanol–water partition coefficient (Wildman–Crippen LogP) is 3.41. The lowest BCUT2D eigenvalue weighted by atomic mass is 10.1. The van der Waals surface area contributed by atoms with Crippen molar-refractivity contribution in [2.75, 3.05) is 5.32 Å². The van der Waals surface area contributed by atoms with Gasteiger partial charge in [0.05, 0.1) is 0 Å². The number of nitrogens with one attached hydrogen (secondary N) is 1. The molecule has 2 heterocycles. The standard InChI is InChI=1S/C16H17FN4/c1-10-4-14(21-15(5-10)19-9-20-21)18-8-13-6-11(2)16(17)12(3)7-13/h4-7,9,18H,8H2,1-3H3. The van der Waals surface area contributed by atoms with E-state index < -0.39 is 0 Å². The number of hydrogen-bond acceptors (Lipinski definition) is 3. The zero-order valence-corrected chi connectivity index (χ0v) is 12.3. The Balaban J connectivity index is 1.88. The van der Waals surface area contributed by atoms with Gasteiger partial charge in [0.15, 0.2) is 5.65 Å². The number of halogens is 1. The van der Waals surface area contributed by atoms with Crippen LogP contribution in [0.25, 0.3) is 5.65 Å². The van der Waals surface area contributed by atoms with Gasteiger partial charge in [0.1, 0.15) is 18.0 Å². The maximum absolute atomic E-state index is 13.7. The minimum absolute atomic E-state index is 0.132. The molecule has 0 saturated heterocycles. The van der Waals surface area contributed by atoms with Crippen LogP contribution < -0.4 is 5.32 Å². The third-order valence-corrected chi connectivity index (χ3v) is 3.49. The van der Waals surface area contributed by atoms with Crippen molar-refractivity contribution in [1.29, 1.82) is 0 Å². The van der Waals surface area contributed by atoms with E-state index in [1.165, 1.54) is 6.33 Å². The molecule has 3 rings (SSSR count). The molecular weight excluding hydrogens is 267 g/mol. The Morgan fingerprint density at radius 1 is 1.10 bits per heavy atom. The molecule has 0 saturated carbocycles. The molecule has 108 valence electrons. The minimum atomic E-state index is -0.132. The van der Waals surface area contributed by atoms with Gasteiger partial charge >= 0.3 is 0 Å². The second kappa shape index (κ2) is 5.16. The number of anilines is 1. The van der Waals surface area contributed by atoms with Gasteiger partial charge in [0, 0.05) is 6.54 Å². The van der Waals surface area contributed by atoms with Gasteiger partial charge < -0.3 is 5.32 Å². The zero-order chi connectivity index (χ0) is 15.0. The Morgan fingerprint density at radius 2 is 1.81 bits per heavy atom. The largest absolute Gasteiger partial charge is 0.366 e. The predicted molar refractivity (Wildman–Crippen MR) is 80.9 cm³/mol. The van der Waals surface area contributed by atoms with Gasteiger partial charge in [-0.25, -0.2) is 9.37 Å². The van der Waals surface area contributed by atoms with Crippen molar-refractivity contribution in [1.82, 2.24) is 14.6 Å². The van der Waals surface area contributed by atoms with E-state index in [0.29, 0.717) is 17.7 Å². The molecule has 0 spiro atoms. The van der Waals surface area contributed by atoms with Crippen LogP contribution in [0.3, 0.4) is 0 Å². The number of fused-ring (bicyclic) bond motifs is 1. The molecule has 0 bridgehead atoms. The lowest BCUT2D eigenvalue weighted by molar-refractivity contribution is 0.608. The van der Waals surface area contributed by atoms with E-state index in [-0.39, 0.29) is 5.82 Å². The second-order valence-corrected chi connectivity index (χ2v) is 5.35. The molecule has 0 fully saturated rings. The van der Waals surface area contributed by atoms with Gasteiger partial charge in [0.2, 0.25) is 0 Å². The number of aromatic nitrogens is 3. The number of benzene rings is 1. The summed E-state index contributed by atoms with van der Waals surface area (Å²) in [5.41, 5.74) is 4.30. The van der Waals surface area contributed by atoms with Crippen LogP contribution in [-0.2, 0) is 6.54 Å². The fourth-order valence-corrected chi connectivity index (χ4v) is 2.51. The zero-order valence-electron chi connectivity index (χ0n) is 12.3. The van der Waals surface area contributed by atoms with E-state index in [0.717, 1.165) is 22.6 Å². The monoisotopic (exact) mass is 284 g/mol. The SMILES string of the molecule is Cc1cc(NCc2cc(C)c(F)c(C)c2)n2ncnc2c1. The van der Waals surface area contributed by atoms with Crippen LogP contribution in [-0.4, -0.2) is 14.6 Å². The van der Waals surface area contributed by atoms with Gasteiger partial charge in [-0.15, -0.1) is 0 Å². The van der Waals surface area contributed by atoms with Crippen LogP contribution >= 0.6 is 0 Å². The van der Waals surface area contributed by atoms with Gasteiger partial charge in [-0.3, -0.25) is 0 Å². The minimum Gasteiger partial charge on any atom is -0.366 e. The first-order valence-corrected chi connectivity index (χ1v) is 6.84. The van der Waals surface area contributed by atoms with E-state index in [4.69, 9.17) is 0 Å². The first-order valence-electron chi connectivity index (χ1n) is 6.84.